The molecule has 1 aliphatic rings. The van der Waals surface area contributed by atoms with Gasteiger partial charge >= 0.3 is 0 Å². The van der Waals surface area contributed by atoms with Crippen LogP contribution in [-0.2, 0) is 0 Å². The second-order valence-corrected chi connectivity index (χ2v) is 5.90. The van der Waals surface area contributed by atoms with Gasteiger partial charge in [0.25, 0.3) is 11.6 Å². The normalized spacial score (nSPS) is 14.2. The van der Waals surface area contributed by atoms with Crippen molar-refractivity contribution in [2.45, 2.75) is 0 Å². The van der Waals surface area contributed by atoms with Crippen molar-refractivity contribution in [3.63, 3.8) is 0 Å². The number of halogens is 1. The van der Waals surface area contributed by atoms with E-state index in [1.54, 1.807) is 17.0 Å². The number of ether oxygens (including phenoxy) is 1. The molecule has 0 bridgehead atoms. The molecule has 0 saturated carbocycles. The number of methoxy groups -OCH3 is 1. The number of rotatable bonds is 4. The minimum Gasteiger partial charge on any atom is -0.496 e. The average Bonchev–Trinajstić information content (AvgIpc) is 2.67. The fourth-order valence-corrected chi connectivity index (χ4v) is 2.97. The standard InChI is InChI=1S/C18H18FN3O4/c1-26-17-7-2-13(19)12-16(17)18(23)21-10-8-20(9-11-21)14-3-5-15(6-4-14)22(24)25/h2-7,12H,8-11H2,1H3. The summed E-state index contributed by atoms with van der Waals surface area (Å²) in [5, 5.41) is 10.7. The van der Waals surface area contributed by atoms with E-state index in [-0.39, 0.29) is 17.2 Å². The Morgan fingerprint density at radius 1 is 1.12 bits per heavy atom. The van der Waals surface area contributed by atoms with Crippen molar-refractivity contribution in [3.05, 3.63) is 64.0 Å². The number of anilines is 1. The zero-order valence-corrected chi connectivity index (χ0v) is 14.2. The zero-order chi connectivity index (χ0) is 18.7. The number of nitro groups is 1. The summed E-state index contributed by atoms with van der Waals surface area (Å²) >= 11 is 0. The fourth-order valence-electron chi connectivity index (χ4n) is 2.97. The fraction of sp³-hybridized carbons (Fsp3) is 0.278. The van der Waals surface area contributed by atoms with Gasteiger partial charge in [0.2, 0.25) is 0 Å². The molecule has 1 fully saturated rings. The molecule has 1 saturated heterocycles. The SMILES string of the molecule is COc1ccc(F)cc1C(=O)N1CCN(c2ccc([N+](=O)[O-])cc2)CC1. The molecule has 0 unspecified atom stereocenters. The number of carbonyl (C=O) groups excluding carboxylic acids is 1. The van der Waals surface area contributed by atoms with Crippen LogP contribution >= 0.6 is 0 Å². The number of amides is 1. The van der Waals surface area contributed by atoms with E-state index in [0.717, 1.165) is 5.69 Å². The van der Waals surface area contributed by atoms with Crippen LogP contribution in [0.2, 0.25) is 0 Å². The molecule has 8 heteroatoms. The lowest BCUT2D eigenvalue weighted by atomic mass is 10.1. The first-order valence-corrected chi connectivity index (χ1v) is 8.12. The molecule has 0 atom stereocenters. The number of hydrogen-bond donors (Lipinski definition) is 0. The van der Waals surface area contributed by atoms with Gasteiger partial charge in [0.05, 0.1) is 17.6 Å². The van der Waals surface area contributed by atoms with Crippen molar-refractivity contribution in [1.29, 1.82) is 0 Å². The van der Waals surface area contributed by atoms with E-state index in [1.165, 1.54) is 37.4 Å². The van der Waals surface area contributed by atoms with Crippen molar-refractivity contribution >= 4 is 17.3 Å². The first-order chi connectivity index (χ1) is 12.5. The van der Waals surface area contributed by atoms with Gasteiger partial charge in [-0.25, -0.2) is 4.39 Å². The van der Waals surface area contributed by atoms with Crippen LogP contribution in [-0.4, -0.2) is 49.0 Å². The van der Waals surface area contributed by atoms with E-state index in [0.29, 0.717) is 31.9 Å². The van der Waals surface area contributed by atoms with Crippen LogP contribution in [0, 0.1) is 15.9 Å². The maximum absolute atomic E-state index is 13.5. The molecular formula is C18H18FN3O4. The first kappa shape index (κ1) is 17.7. The van der Waals surface area contributed by atoms with Crippen LogP contribution in [0.15, 0.2) is 42.5 Å². The van der Waals surface area contributed by atoms with Crippen molar-refractivity contribution in [2.24, 2.45) is 0 Å². The Kier molecular flexibility index (Phi) is 5.01. The van der Waals surface area contributed by atoms with Crippen molar-refractivity contribution in [1.82, 2.24) is 4.90 Å². The molecule has 0 aliphatic carbocycles. The third-order valence-electron chi connectivity index (χ3n) is 4.38. The molecule has 3 rings (SSSR count). The summed E-state index contributed by atoms with van der Waals surface area (Å²) in [6.07, 6.45) is 0. The number of non-ortho nitro benzene ring substituents is 1. The number of piperazine rings is 1. The van der Waals surface area contributed by atoms with E-state index in [9.17, 15) is 19.3 Å². The Balaban J connectivity index is 1.67. The van der Waals surface area contributed by atoms with Crippen molar-refractivity contribution in [2.75, 3.05) is 38.2 Å². The van der Waals surface area contributed by atoms with E-state index < -0.39 is 10.7 Å². The molecule has 7 nitrogen and oxygen atoms in total. The number of carbonyl (C=O) groups is 1. The third kappa shape index (κ3) is 3.58. The minimum atomic E-state index is -0.487. The topological polar surface area (TPSA) is 75.9 Å². The van der Waals surface area contributed by atoms with Gasteiger partial charge in [-0.15, -0.1) is 0 Å². The van der Waals surface area contributed by atoms with E-state index in [1.807, 2.05) is 0 Å². The molecule has 26 heavy (non-hydrogen) atoms. The van der Waals surface area contributed by atoms with Crippen LogP contribution < -0.4 is 9.64 Å². The highest BCUT2D eigenvalue weighted by Crippen LogP contribution is 2.24. The molecule has 0 radical (unpaired) electrons. The molecule has 1 aliphatic heterocycles. The van der Waals surface area contributed by atoms with Gasteiger partial charge in [-0.2, -0.15) is 0 Å². The van der Waals surface area contributed by atoms with E-state index >= 15 is 0 Å². The van der Waals surface area contributed by atoms with Crippen LogP contribution in [0.4, 0.5) is 15.8 Å². The maximum atomic E-state index is 13.5. The highest BCUT2D eigenvalue weighted by Gasteiger charge is 2.25. The van der Waals surface area contributed by atoms with Gasteiger partial charge in [0.1, 0.15) is 11.6 Å². The number of benzene rings is 2. The van der Waals surface area contributed by atoms with E-state index in [2.05, 4.69) is 4.90 Å². The summed E-state index contributed by atoms with van der Waals surface area (Å²) < 4.78 is 18.7. The quantitative estimate of drug-likeness (QED) is 0.620. The molecule has 2 aromatic carbocycles. The second-order valence-electron chi connectivity index (χ2n) is 5.90. The Hall–Kier alpha value is -3.16. The highest BCUT2D eigenvalue weighted by molar-refractivity contribution is 5.97. The monoisotopic (exact) mass is 359 g/mol. The maximum Gasteiger partial charge on any atom is 0.269 e. The van der Waals surface area contributed by atoms with Crippen molar-refractivity contribution in [3.8, 4) is 5.75 Å². The predicted octanol–water partition coefficient (Wildman–Crippen LogP) is 2.70. The Morgan fingerprint density at radius 2 is 1.77 bits per heavy atom. The summed E-state index contributed by atoms with van der Waals surface area (Å²) in [6, 6.07) is 10.2. The highest BCUT2D eigenvalue weighted by atomic mass is 19.1. The molecule has 136 valence electrons. The summed E-state index contributed by atoms with van der Waals surface area (Å²) in [5.41, 5.74) is 1.11. The average molecular weight is 359 g/mol. The lowest BCUT2D eigenvalue weighted by molar-refractivity contribution is -0.384. The Labute approximate surface area is 149 Å². The molecular weight excluding hydrogens is 341 g/mol. The van der Waals surface area contributed by atoms with Crippen molar-refractivity contribution < 1.29 is 18.8 Å². The van der Waals surface area contributed by atoms with Gasteiger partial charge < -0.3 is 14.5 Å². The zero-order valence-electron chi connectivity index (χ0n) is 14.2. The summed E-state index contributed by atoms with van der Waals surface area (Å²) in [4.78, 5) is 26.7. The lowest BCUT2D eigenvalue weighted by Gasteiger charge is -2.36. The Bertz CT molecular complexity index is 818. The largest absolute Gasteiger partial charge is 0.496 e. The van der Waals surface area contributed by atoms with E-state index in [4.69, 9.17) is 4.74 Å². The summed E-state index contributed by atoms with van der Waals surface area (Å²) in [6.45, 7) is 2.10. The van der Waals surface area contributed by atoms with Gasteiger partial charge in [0, 0.05) is 44.0 Å². The first-order valence-electron chi connectivity index (χ1n) is 8.12. The number of nitro benzene ring substituents is 1. The minimum absolute atomic E-state index is 0.0424. The molecule has 2 aromatic rings. The predicted molar refractivity (Wildman–Crippen MR) is 94.2 cm³/mol. The Morgan fingerprint density at radius 3 is 2.35 bits per heavy atom. The van der Waals surface area contributed by atoms with Crippen LogP contribution in [0.3, 0.4) is 0 Å². The smallest absolute Gasteiger partial charge is 0.269 e. The van der Waals surface area contributed by atoms with Gasteiger partial charge in [-0.05, 0) is 30.3 Å². The van der Waals surface area contributed by atoms with Crippen LogP contribution in [0.5, 0.6) is 5.75 Å². The molecule has 1 amide bonds. The van der Waals surface area contributed by atoms with Crippen LogP contribution in [0.1, 0.15) is 10.4 Å². The number of nitrogens with zero attached hydrogens (tertiary/aromatic N) is 3. The molecule has 1 heterocycles. The number of hydrogen-bond acceptors (Lipinski definition) is 5. The van der Waals surface area contributed by atoms with Gasteiger partial charge in [0.15, 0.2) is 0 Å². The molecule has 0 N–H and O–H groups in total. The van der Waals surface area contributed by atoms with Crippen LogP contribution in [0.25, 0.3) is 0 Å². The third-order valence-corrected chi connectivity index (χ3v) is 4.38. The van der Waals surface area contributed by atoms with Gasteiger partial charge in [-0.1, -0.05) is 0 Å². The summed E-state index contributed by atoms with van der Waals surface area (Å²) in [5.74, 6) is -0.419. The summed E-state index contributed by atoms with van der Waals surface area (Å²) in [7, 11) is 1.44. The molecule has 0 spiro atoms. The lowest BCUT2D eigenvalue weighted by Crippen LogP contribution is -2.48. The van der Waals surface area contributed by atoms with Gasteiger partial charge in [-0.3, -0.25) is 14.9 Å². The molecule has 0 aromatic heterocycles. The second kappa shape index (κ2) is 7.38.